The zero-order valence-electron chi connectivity index (χ0n) is 18.0. The number of fused-ring (bicyclic) bond motifs is 1. The second-order valence-corrected chi connectivity index (χ2v) is 9.24. The number of likely N-dealkylation sites (tertiary alicyclic amines) is 2. The van der Waals surface area contributed by atoms with E-state index in [2.05, 4.69) is 11.8 Å². The first-order valence-corrected chi connectivity index (χ1v) is 11.5. The molecule has 0 bridgehead atoms. The smallest absolute Gasteiger partial charge is 0.261 e. The Labute approximate surface area is 179 Å². The molecule has 0 saturated carbocycles. The van der Waals surface area contributed by atoms with Gasteiger partial charge in [-0.3, -0.25) is 19.3 Å². The number of hydrogen-bond acceptors (Lipinski definition) is 4. The lowest BCUT2D eigenvalue weighted by molar-refractivity contribution is -0.133. The van der Waals surface area contributed by atoms with Gasteiger partial charge in [-0.25, -0.2) is 0 Å². The highest BCUT2D eigenvalue weighted by Gasteiger charge is 2.35. The summed E-state index contributed by atoms with van der Waals surface area (Å²) in [6, 6.07) is 6.93. The van der Waals surface area contributed by atoms with Crippen LogP contribution < -0.4 is 0 Å². The monoisotopic (exact) mass is 411 g/mol. The molecule has 3 heterocycles. The van der Waals surface area contributed by atoms with E-state index in [1.54, 1.807) is 24.3 Å². The maximum atomic E-state index is 12.8. The third-order valence-electron chi connectivity index (χ3n) is 6.91. The molecule has 1 unspecified atom stereocenters. The summed E-state index contributed by atoms with van der Waals surface area (Å²) in [6.45, 7) is 7.79. The van der Waals surface area contributed by atoms with Gasteiger partial charge in [0.1, 0.15) is 0 Å². The van der Waals surface area contributed by atoms with Crippen molar-refractivity contribution in [2.45, 2.75) is 45.4 Å². The molecule has 6 heteroatoms. The third-order valence-corrected chi connectivity index (χ3v) is 6.91. The Kier molecular flexibility index (Phi) is 6.52. The zero-order chi connectivity index (χ0) is 21.1. The van der Waals surface area contributed by atoms with E-state index >= 15 is 0 Å². The number of nitrogens with zero attached hydrogens (tertiary/aromatic N) is 3. The molecule has 0 N–H and O–H groups in total. The quantitative estimate of drug-likeness (QED) is 0.675. The van der Waals surface area contributed by atoms with Gasteiger partial charge in [-0.15, -0.1) is 0 Å². The second kappa shape index (κ2) is 9.29. The van der Waals surface area contributed by atoms with Gasteiger partial charge in [0.05, 0.1) is 11.1 Å². The molecule has 3 aliphatic heterocycles. The van der Waals surface area contributed by atoms with Crippen molar-refractivity contribution in [1.29, 1.82) is 0 Å². The van der Waals surface area contributed by atoms with E-state index in [0.29, 0.717) is 36.4 Å². The largest absolute Gasteiger partial charge is 0.342 e. The Morgan fingerprint density at radius 1 is 1.00 bits per heavy atom. The number of imide groups is 1. The lowest BCUT2D eigenvalue weighted by Gasteiger charge is -2.38. The van der Waals surface area contributed by atoms with E-state index in [-0.39, 0.29) is 17.7 Å². The molecule has 0 radical (unpaired) electrons. The average molecular weight is 412 g/mol. The Hall–Kier alpha value is -2.21. The first-order chi connectivity index (χ1) is 14.5. The van der Waals surface area contributed by atoms with Crippen LogP contribution in [-0.2, 0) is 4.79 Å². The van der Waals surface area contributed by atoms with E-state index in [1.165, 1.54) is 37.3 Å². The van der Waals surface area contributed by atoms with E-state index in [1.807, 2.05) is 4.90 Å². The van der Waals surface area contributed by atoms with Crippen molar-refractivity contribution >= 4 is 17.7 Å². The predicted octanol–water partition coefficient (Wildman–Crippen LogP) is 3.03. The number of carbonyl (C=O) groups excluding carboxylic acids is 3. The minimum atomic E-state index is -0.239. The second-order valence-electron chi connectivity index (χ2n) is 9.24. The van der Waals surface area contributed by atoms with Crippen LogP contribution in [0.25, 0.3) is 0 Å². The van der Waals surface area contributed by atoms with Crippen LogP contribution in [0.4, 0.5) is 0 Å². The topological polar surface area (TPSA) is 60.9 Å². The van der Waals surface area contributed by atoms with Gasteiger partial charge in [-0.05, 0) is 69.2 Å². The standard InChI is InChI=1S/C24H33N3O3/c1-18-10-14-25(15-11-18)16-19-6-4-12-26(17-19)22(28)9-5-13-27-23(29)20-7-2-3-8-21(20)24(27)30/h2-3,7-8,18-19H,4-6,9-17H2,1H3. The van der Waals surface area contributed by atoms with E-state index in [9.17, 15) is 14.4 Å². The maximum Gasteiger partial charge on any atom is 0.261 e. The van der Waals surface area contributed by atoms with Gasteiger partial charge in [0.2, 0.25) is 5.91 Å². The van der Waals surface area contributed by atoms with Crippen LogP contribution in [0.5, 0.6) is 0 Å². The fraction of sp³-hybridized carbons (Fsp3) is 0.625. The minimum absolute atomic E-state index is 0.156. The van der Waals surface area contributed by atoms with Gasteiger partial charge in [0, 0.05) is 32.6 Å². The number of benzene rings is 1. The first-order valence-electron chi connectivity index (χ1n) is 11.5. The highest BCUT2D eigenvalue weighted by molar-refractivity contribution is 6.21. The van der Waals surface area contributed by atoms with Gasteiger partial charge < -0.3 is 9.80 Å². The third kappa shape index (κ3) is 4.59. The van der Waals surface area contributed by atoms with Crippen molar-refractivity contribution in [3.63, 3.8) is 0 Å². The van der Waals surface area contributed by atoms with Gasteiger partial charge >= 0.3 is 0 Å². The molecular weight excluding hydrogens is 378 g/mol. The summed E-state index contributed by atoms with van der Waals surface area (Å²) in [5.41, 5.74) is 0.944. The number of hydrogen-bond donors (Lipinski definition) is 0. The summed E-state index contributed by atoms with van der Waals surface area (Å²) in [5, 5.41) is 0. The van der Waals surface area contributed by atoms with Crippen LogP contribution in [0.15, 0.2) is 24.3 Å². The first kappa shape index (κ1) is 21.0. The summed E-state index contributed by atoms with van der Waals surface area (Å²) in [5.74, 6) is 1.08. The summed E-state index contributed by atoms with van der Waals surface area (Å²) in [4.78, 5) is 43.5. The zero-order valence-corrected chi connectivity index (χ0v) is 18.0. The molecule has 30 heavy (non-hydrogen) atoms. The van der Waals surface area contributed by atoms with Crippen molar-refractivity contribution in [1.82, 2.24) is 14.7 Å². The molecule has 3 amide bonds. The fourth-order valence-electron chi connectivity index (χ4n) is 5.04. The van der Waals surface area contributed by atoms with E-state index in [0.717, 1.165) is 32.0 Å². The van der Waals surface area contributed by atoms with E-state index in [4.69, 9.17) is 0 Å². The van der Waals surface area contributed by atoms with Crippen molar-refractivity contribution < 1.29 is 14.4 Å². The Morgan fingerprint density at radius 2 is 1.67 bits per heavy atom. The molecule has 1 atom stereocenters. The number of amides is 3. The van der Waals surface area contributed by atoms with Crippen molar-refractivity contribution in [2.24, 2.45) is 11.8 Å². The summed E-state index contributed by atoms with van der Waals surface area (Å²) in [6.07, 6.45) is 5.75. The Bertz CT molecular complexity index is 766. The van der Waals surface area contributed by atoms with Crippen molar-refractivity contribution in [3.8, 4) is 0 Å². The van der Waals surface area contributed by atoms with Crippen LogP contribution in [0.1, 0.15) is 66.2 Å². The summed E-state index contributed by atoms with van der Waals surface area (Å²) >= 11 is 0. The molecule has 4 rings (SSSR count). The highest BCUT2D eigenvalue weighted by atomic mass is 16.2. The van der Waals surface area contributed by atoms with Gasteiger partial charge in [0.25, 0.3) is 11.8 Å². The normalized spacial score (nSPS) is 23.2. The number of carbonyl (C=O) groups is 3. The van der Waals surface area contributed by atoms with Gasteiger partial charge in [-0.1, -0.05) is 19.1 Å². The minimum Gasteiger partial charge on any atom is -0.342 e. The molecule has 2 fully saturated rings. The molecule has 6 nitrogen and oxygen atoms in total. The summed E-state index contributed by atoms with van der Waals surface area (Å²) in [7, 11) is 0. The molecule has 0 aromatic heterocycles. The molecule has 1 aromatic carbocycles. The SMILES string of the molecule is CC1CCN(CC2CCCN(C(=O)CCCN3C(=O)c4ccccc4C3=O)C2)CC1. The van der Waals surface area contributed by atoms with E-state index < -0.39 is 0 Å². The van der Waals surface area contributed by atoms with Gasteiger partial charge in [0.15, 0.2) is 0 Å². The average Bonchev–Trinajstić information content (AvgIpc) is 3.00. The number of rotatable bonds is 6. The van der Waals surface area contributed by atoms with Crippen molar-refractivity contribution in [3.05, 3.63) is 35.4 Å². The predicted molar refractivity (Wildman–Crippen MR) is 115 cm³/mol. The molecule has 162 valence electrons. The summed E-state index contributed by atoms with van der Waals surface area (Å²) < 4.78 is 0. The van der Waals surface area contributed by atoms with Crippen molar-refractivity contribution in [2.75, 3.05) is 39.3 Å². The Balaban J connectivity index is 1.22. The molecule has 3 aliphatic rings. The maximum absolute atomic E-state index is 12.8. The van der Waals surface area contributed by atoms with Crippen LogP contribution in [0.3, 0.4) is 0 Å². The highest BCUT2D eigenvalue weighted by Crippen LogP contribution is 2.24. The lowest BCUT2D eigenvalue weighted by Crippen LogP contribution is -2.45. The van der Waals surface area contributed by atoms with Crippen LogP contribution in [0, 0.1) is 11.8 Å². The van der Waals surface area contributed by atoms with Crippen LogP contribution >= 0.6 is 0 Å². The molecule has 0 aliphatic carbocycles. The fourth-order valence-corrected chi connectivity index (χ4v) is 5.04. The molecule has 0 spiro atoms. The number of piperidine rings is 2. The molecular formula is C24H33N3O3. The lowest BCUT2D eigenvalue weighted by atomic mass is 9.94. The Morgan fingerprint density at radius 3 is 2.33 bits per heavy atom. The van der Waals surface area contributed by atoms with Gasteiger partial charge in [-0.2, -0.15) is 0 Å². The molecule has 1 aromatic rings. The van der Waals surface area contributed by atoms with Crippen LogP contribution in [-0.4, -0.2) is 71.7 Å². The molecule has 2 saturated heterocycles. The van der Waals surface area contributed by atoms with Crippen LogP contribution in [0.2, 0.25) is 0 Å².